The van der Waals surface area contributed by atoms with Crippen LogP contribution in [-0.4, -0.2) is 31.2 Å². The predicted molar refractivity (Wildman–Crippen MR) is 83.7 cm³/mol. The summed E-state index contributed by atoms with van der Waals surface area (Å²) in [7, 11) is 0. The second-order valence-corrected chi connectivity index (χ2v) is 6.12. The summed E-state index contributed by atoms with van der Waals surface area (Å²) >= 11 is 0. The van der Waals surface area contributed by atoms with Crippen molar-refractivity contribution < 1.29 is 9.53 Å². The minimum atomic E-state index is 0.00657. The number of hydrogen-bond donors (Lipinski definition) is 2. The predicted octanol–water partition coefficient (Wildman–Crippen LogP) is 2.72. The molecule has 114 valence electrons. The summed E-state index contributed by atoms with van der Waals surface area (Å²) < 4.78 is 5.79. The molecular weight excluding hydrogens is 264 g/mol. The third-order valence-electron chi connectivity index (χ3n) is 4.33. The van der Waals surface area contributed by atoms with Crippen molar-refractivity contribution >= 4 is 11.6 Å². The van der Waals surface area contributed by atoms with E-state index in [0.717, 1.165) is 36.4 Å². The van der Waals surface area contributed by atoms with Gasteiger partial charge in [0.05, 0.1) is 17.7 Å². The third kappa shape index (κ3) is 3.21. The van der Waals surface area contributed by atoms with E-state index in [9.17, 15) is 4.79 Å². The number of carbonyl (C=O) groups is 1. The van der Waals surface area contributed by atoms with Crippen molar-refractivity contribution in [3.05, 3.63) is 29.3 Å². The zero-order valence-corrected chi connectivity index (χ0v) is 12.8. The Bertz CT molecular complexity index is 526. The van der Waals surface area contributed by atoms with Gasteiger partial charge in [-0.05, 0) is 56.7 Å². The van der Waals surface area contributed by atoms with Gasteiger partial charge in [0.1, 0.15) is 0 Å². The van der Waals surface area contributed by atoms with Crippen LogP contribution in [0.5, 0.6) is 0 Å². The zero-order chi connectivity index (χ0) is 14.8. The number of rotatable bonds is 5. The van der Waals surface area contributed by atoms with E-state index in [0.29, 0.717) is 5.92 Å². The highest BCUT2D eigenvalue weighted by Crippen LogP contribution is 2.38. The van der Waals surface area contributed by atoms with Gasteiger partial charge in [-0.15, -0.1) is 0 Å². The van der Waals surface area contributed by atoms with Gasteiger partial charge < -0.3 is 15.4 Å². The number of ether oxygens (including phenoxy) is 1. The van der Waals surface area contributed by atoms with Crippen LogP contribution in [0.25, 0.3) is 0 Å². The molecule has 3 rings (SSSR count). The molecule has 2 atom stereocenters. The summed E-state index contributed by atoms with van der Waals surface area (Å²) in [6.07, 6.45) is 3.63. The molecular formula is C17H24N2O2. The number of amides is 1. The number of anilines is 1. The molecule has 0 bridgehead atoms. The number of benzene rings is 1. The molecule has 1 aliphatic carbocycles. The Hall–Kier alpha value is -1.55. The van der Waals surface area contributed by atoms with E-state index in [2.05, 4.69) is 10.6 Å². The van der Waals surface area contributed by atoms with Gasteiger partial charge in [0.25, 0.3) is 5.91 Å². The minimum absolute atomic E-state index is 0.00657. The molecule has 2 aliphatic rings. The second kappa shape index (κ2) is 6.06. The van der Waals surface area contributed by atoms with E-state index in [-0.39, 0.29) is 18.1 Å². The monoisotopic (exact) mass is 288 g/mol. The lowest BCUT2D eigenvalue weighted by Crippen LogP contribution is -2.41. The first-order valence-electron chi connectivity index (χ1n) is 7.96. The summed E-state index contributed by atoms with van der Waals surface area (Å²) in [5, 5.41) is 6.46. The molecule has 1 saturated carbocycles. The molecule has 2 N–H and O–H groups in total. The van der Waals surface area contributed by atoms with E-state index in [1.807, 2.05) is 32.0 Å². The number of aryl methyl sites for hydroxylation is 1. The molecule has 0 spiro atoms. The zero-order valence-electron chi connectivity index (χ0n) is 12.8. The summed E-state index contributed by atoms with van der Waals surface area (Å²) in [4.78, 5) is 12.6. The smallest absolute Gasteiger partial charge is 0.253 e. The molecule has 1 heterocycles. The first-order valence-corrected chi connectivity index (χ1v) is 7.96. The normalized spacial score (nSPS) is 24.9. The van der Waals surface area contributed by atoms with Gasteiger partial charge in [0.2, 0.25) is 0 Å². The number of hydrogen-bond acceptors (Lipinski definition) is 3. The quantitative estimate of drug-likeness (QED) is 0.876. The van der Waals surface area contributed by atoms with Crippen molar-refractivity contribution in [2.24, 2.45) is 5.92 Å². The second-order valence-electron chi connectivity index (χ2n) is 6.12. The van der Waals surface area contributed by atoms with Crippen LogP contribution in [0, 0.1) is 12.8 Å². The molecule has 0 aromatic heterocycles. The number of carbonyl (C=O) groups excluding carboxylic acids is 1. The number of nitrogens with one attached hydrogen (secondary N) is 2. The van der Waals surface area contributed by atoms with Gasteiger partial charge in [-0.2, -0.15) is 0 Å². The Morgan fingerprint density at radius 3 is 2.86 bits per heavy atom. The van der Waals surface area contributed by atoms with Gasteiger partial charge in [0.15, 0.2) is 0 Å². The third-order valence-corrected chi connectivity index (χ3v) is 4.33. The Morgan fingerprint density at radius 1 is 1.33 bits per heavy atom. The lowest BCUT2D eigenvalue weighted by Gasteiger charge is -2.20. The highest BCUT2D eigenvalue weighted by Gasteiger charge is 2.41. The summed E-state index contributed by atoms with van der Waals surface area (Å²) in [5.41, 5.74) is 2.79. The maximum atomic E-state index is 12.6. The Labute approximate surface area is 126 Å². The molecule has 1 aromatic rings. The van der Waals surface area contributed by atoms with Crippen LogP contribution >= 0.6 is 0 Å². The van der Waals surface area contributed by atoms with Crippen molar-refractivity contribution in [2.45, 2.75) is 45.3 Å². The highest BCUT2D eigenvalue weighted by molar-refractivity contribution is 6.00. The molecule has 1 saturated heterocycles. The van der Waals surface area contributed by atoms with Crippen LogP contribution < -0.4 is 10.6 Å². The standard InChI is InChI=1S/C17H24N2O2/c1-3-18-15-10-11(2)4-7-13(15)17(20)19-14-8-9-21-16(14)12-5-6-12/h4,7,10,12,14,16,18H,3,5-6,8-9H2,1-2H3,(H,19,20). The van der Waals surface area contributed by atoms with E-state index in [4.69, 9.17) is 4.74 Å². The average molecular weight is 288 g/mol. The molecule has 2 unspecified atom stereocenters. The Kier molecular flexibility index (Phi) is 4.15. The van der Waals surface area contributed by atoms with Gasteiger partial charge in [0, 0.05) is 18.8 Å². The summed E-state index contributed by atoms with van der Waals surface area (Å²) in [6, 6.07) is 6.09. The molecule has 2 fully saturated rings. The minimum Gasteiger partial charge on any atom is -0.385 e. The summed E-state index contributed by atoms with van der Waals surface area (Å²) in [5.74, 6) is 0.663. The van der Waals surface area contributed by atoms with Crippen LogP contribution in [0.4, 0.5) is 5.69 Å². The van der Waals surface area contributed by atoms with E-state index in [1.54, 1.807) is 0 Å². The van der Waals surface area contributed by atoms with Crippen LogP contribution in [0.3, 0.4) is 0 Å². The Morgan fingerprint density at radius 2 is 2.14 bits per heavy atom. The van der Waals surface area contributed by atoms with Crippen molar-refractivity contribution in [1.29, 1.82) is 0 Å². The van der Waals surface area contributed by atoms with Crippen molar-refractivity contribution in [1.82, 2.24) is 5.32 Å². The van der Waals surface area contributed by atoms with Crippen molar-refractivity contribution in [2.75, 3.05) is 18.5 Å². The van der Waals surface area contributed by atoms with Gasteiger partial charge in [-0.1, -0.05) is 6.07 Å². The molecule has 0 radical (unpaired) electrons. The van der Waals surface area contributed by atoms with E-state index in [1.165, 1.54) is 12.8 Å². The topological polar surface area (TPSA) is 50.4 Å². The molecule has 1 amide bonds. The molecule has 21 heavy (non-hydrogen) atoms. The fourth-order valence-corrected chi connectivity index (χ4v) is 3.09. The van der Waals surface area contributed by atoms with Crippen molar-refractivity contribution in [3.8, 4) is 0 Å². The first kappa shape index (κ1) is 14.4. The highest BCUT2D eigenvalue weighted by atomic mass is 16.5. The van der Waals surface area contributed by atoms with Gasteiger partial charge in [-0.25, -0.2) is 0 Å². The Balaban J connectivity index is 1.72. The molecule has 1 aliphatic heterocycles. The van der Waals surface area contributed by atoms with Crippen LogP contribution in [0.2, 0.25) is 0 Å². The summed E-state index contributed by atoms with van der Waals surface area (Å²) in [6.45, 7) is 5.65. The molecule has 4 nitrogen and oxygen atoms in total. The lowest BCUT2D eigenvalue weighted by molar-refractivity contribution is 0.0730. The maximum absolute atomic E-state index is 12.6. The first-order chi connectivity index (χ1) is 10.2. The maximum Gasteiger partial charge on any atom is 0.253 e. The van der Waals surface area contributed by atoms with Crippen LogP contribution in [0.1, 0.15) is 42.1 Å². The fraction of sp³-hybridized carbons (Fsp3) is 0.588. The largest absolute Gasteiger partial charge is 0.385 e. The van der Waals surface area contributed by atoms with Crippen LogP contribution in [-0.2, 0) is 4.74 Å². The van der Waals surface area contributed by atoms with E-state index >= 15 is 0 Å². The SMILES string of the molecule is CCNc1cc(C)ccc1C(=O)NC1CCOC1C1CC1. The van der Waals surface area contributed by atoms with Gasteiger partial charge in [-0.3, -0.25) is 4.79 Å². The fourth-order valence-electron chi connectivity index (χ4n) is 3.09. The molecule has 4 heteroatoms. The average Bonchev–Trinajstić information content (AvgIpc) is 3.20. The van der Waals surface area contributed by atoms with Crippen LogP contribution in [0.15, 0.2) is 18.2 Å². The van der Waals surface area contributed by atoms with Crippen molar-refractivity contribution in [3.63, 3.8) is 0 Å². The molecule has 1 aromatic carbocycles. The van der Waals surface area contributed by atoms with Gasteiger partial charge >= 0.3 is 0 Å². The lowest BCUT2D eigenvalue weighted by atomic mass is 10.0. The van der Waals surface area contributed by atoms with E-state index < -0.39 is 0 Å².